The third kappa shape index (κ3) is 3.96. The van der Waals surface area contributed by atoms with Crippen LogP contribution in [-0.2, 0) is 0 Å². The van der Waals surface area contributed by atoms with Crippen LogP contribution in [0.3, 0.4) is 0 Å². The summed E-state index contributed by atoms with van der Waals surface area (Å²) in [7, 11) is 0. The van der Waals surface area contributed by atoms with Crippen molar-refractivity contribution in [2.45, 2.75) is 0 Å². The number of ketones is 1. The van der Waals surface area contributed by atoms with Crippen molar-refractivity contribution >= 4 is 35.1 Å². The standard InChI is InChI=1S/C23H14Cl2O3/c24-16-6-9-18(19(25)14-16)22-12-13-23(28-22)20(26)10-7-17-8-11-21(27-17)15-4-2-1-3-5-15/h1-14H. The Kier molecular flexibility index (Phi) is 5.20. The van der Waals surface area contributed by atoms with Crippen molar-refractivity contribution in [2.24, 2.45) is 0 Å². The van der Waals surface area contributed by atoms with E-state index >= 15 is 0 Å². The van der Waals surface area contributed by atoms with Gasteiger partial charge in [-0.25, -0.2) is 0 Å². The lowest BCUT2D eigenvalue weighted by molar-refractivity contribution is 0.102. The lowest BCUT2D eigenvalue weighted by Crippen LogP contribution is -1.90. The quantitative estimate of drug-likeness (QED) is 0.255. The number of carbonyl (C=O) groups excluding carboxylic acids is 1. The summed E-state index contributed by atoms with van der Waals surface area (Å²) in [6, 6.07) is 21.9. The fourth-order valence-electron chi connectivity index (χ4n) is 2.74. The van der Waals surface area contributed by atoms with Gasteiger partial charge in [-0.05, 0) is 54.6 Å². The smallest absolute Gasteiger partial charge is 0.221 e. The third-order valence-corrected chi connectivity index (χ3v) is 4.68. The zero-order valence-electron chi connectivity index (χ0n) is 14.6. The SMILES string of the molecule is O=C(C=Cc1ccc(-c2ccccc2)o1)c1ccc(-c2ccc(Cl)cc2Cl)o1. The van der Waals surface area contributed by atoms with E-state index in [9.17, 15) is 4.79 Å². The number of hydrogen-bond donors (Lipinski definition) is 0. The molecule has 4 rings (SSSR count). The van der Waals surface area contributed by atoms with Gasteiger partial charge in [0.25, 0.3) is 0 Å². The van der Waals surface area contributed by atoms with Gasteiger partial charge in [-0.3, -0.25) is 4.79 Å². The minimum atomic E-state index is -0.269. The second-order valence-electron chi connectivity index (χ2n) is 6.05. The highest BCUT2D eigenvalue weighted by Crippen LogP contribution is 2.31. The molecule has 0 radical (unpaired) electrons. The van der Waals surface area contributed by atoms with Crippen LogP contribution in [0, 0.1) is 0 Å². The predicted octanol–water partition coefficient (Wildman–Crippen LogP) is 7.41. The summed E-state index contributed by atoms with van der Waals surface area (Å²) in [4.78, 5) is 12.4. The molecule has 0 aliphatic heterocycles. The van der Waals surface area contributed by atoms with Gasteiger partial charge in [-0.15, -0.1) is 0 Å². The molecule has 5 heteroatoms. The average molecular weight is 409 g/mol. The molecule has 3 nitrogen and oxygen atoms in total. The Morgan fingerprint density at radius 1 is 0.821 bits per heavy atom. The maximum Gasteiger partial charge on any atom is 0.221 e. The number of furan rings is 2. The molecule has 0 atom stereocenters. The van der Waals surface area contributed by atoms with Crippen molar-refractivity contribution in [3.8, 4) is 22.6 Å². The monoisotopic (exact) mass is 408 g/mol. The van der Waals surface area contributed by atoms with Gasteiger partial charge >= 0.3 is 0 Å². The van der Waals surface area contributed by atoms with Crippen LogP contribution in [0.2, 0.25) is 10.0 Å². The number of halogens is 2. The summed E-state index contributed by atoms with van der Waals surface area (Å²) < 4.78 is 11.4. The van der Waals surface area contributed by atoms with Crippen molar-refractivity contribution in [1.29, 1.82) is 0 Å². The Labute approximate surface area is 171 Å². The summed E-state index contributed by atoms with van der Waals surface area (Å²) in [6.07, 6.45) is 3.03. The summed E-state index contributed by atoms with van der Waals surface area (Å²) >= 11 is 12.1. The number of benzene rings is 2. The molecule has 0 N–H and O–H groups in total. The first-order chi connectivity index (χ1) is 13.6. The highest BCUT2D eigenvalue weighted by atomic mass is 35.5. The second kappa shape index (κ2) is 7.93. The van der Waals surface area contributed by atoms with Gasteiger partial charge in [-0.2, -0.15) is 0 Å². The first-order valence-electron chi connectivity index (χ1n) is 8.53. The molecule has 4 aromatic rings. The Bertz CT molecular complexity index is 1150. The second-order valence-corrected chi connectivity index (χ2v) is 6.90. The van der Waals surface area contributed by atoms with E-state index in [2.05, 4.69) is 0 Å². The lowest BCUT2D eigenvalue weighted by atomic mass is 10.2. The number of rotatable bonds is 5. The maximum atomic E-state index is 12.4. The first kappa shape index (κ1) is 18.4. The fraction of sp³-hybridized carbons (Fsp3) is 0. The van der Waals surface area contributed by atoms with E-state index in [0.29, 0.717) is 27.1 Å². The van der Waals surface area contributed by atoms with Crippen LogP contribution in [-0.4, -0.2) is 5.78 Å². The Hall–Kier alpha value is -3.01. The highest BCUT2D eigenvalue weighted by Gasteiger charge is 2.13. The zero-order chi connectivity index (χ0) is 19.5. The average Bonchev–Trinajstić information content (AvgIpc) is 3.37. The van der Waals surface area contributed by atoms with Gasteiger partial charge in [0.1, 0.15) is 17.3 Å². The van der Waals surface area contributed by atoms with E-state index in [1.165, 1.54) is 6.08 Å². The molecule has 0 spiro atoms. The molecule has 2 aromatic carbocycles. The molecule has 28 heavy (non-hydrogen) atoms. The van der Waals surface area contributed by atoms with E-state index in [1.54, 1.807) is 36.4 Å². The minimum Gasteiger partial charge on any atom is -0.457 e. The third-order valence-electron chi connectivity index (χ3n) is 4.13. The van der Waals surface area contributed by atoms with Crippen LogP contribution >= 0.6 is 23.2 Å². The summed E-state index contributed by atoms with van der Waals surface area (Å²) in [5, 5.41) is 0.994. The Balaban J connectivity index is 1.50. The van der Waals surface area contributed by atoms with Crippen molar-refractivity contribution < 1.29 is 13.6 Å². The maximum absolute atomic E-state index is 12.4. The van der Waals surface area contributed by atoms with Crippen molar-refractivity contribution in [1.82, 2.24) is 0 Å². The molecule has 2 heterocycles. The van der Waals surface area contributed by atoms with Gasteiger partial charge in [-0.1, -0.05) is 53.5 Å². The zero-order valence-corrected chi connectivity index (χ0v) is 16.1. The fourth-order valence-corrected chi connectivity index (χ4v) is 3.25. The van der Waals surface area contributed by atoms with Gasteiger partial charge < -0.3 is 8.83 Å². The van der Waals surface area contributed by atoms with Gasteiger partial charge in [0.05, 0.1) is 5.02 Å². The number of hydrogen-bond acceptors (Lipinski definition) is 3. The number of allylic oxidation sites excluding steroid dienone is 1. The molecule has 0 bridgehead atoms. The topological polar surface area (TPSA) is 43.4 Å². The molecular formula is C23H14Cl2O3. The molecule has 0 fully saturated rings. The van der Waals surface area contributed by atoms with E-state index < -0.39 is 0 Å². The lowest BCUT2D eigenvalue weighted by Gasteiger charge is -2.00. The summed E-state index contributed by atoms with van der Waals surface area (Å²) in [5.41, 5.74) is 1.65. The van der Waals surface area contributed by atoms with E-state index in [4.69, 9.17) is 32.0 Å². The molecule has 0 aliphatic carbocycles. The van der Waals surface area contributed by atoms with Crippen LogP contribution < -0.4 is 0 Å². The predicted molar refractivity (Wildman–Crippen MR) is 112 cm³/mol. The largest absolute Gasteiger partial charge is 0.457 e. The summed E-state index contributed by atoms with van der Waals surface area (Å²) in [5.74, 6) is 1.77. The minimum absolute atomic E-state index is 0.215. The van der Waals surface area contributed by atoms with E-state index in [-0.39, 0.29) is 11.5 Å². The molecule has 0 unspecified atom stereocenters. The molecule has 0 aliphatic rings. The normalized spacial score (nSPS) is 11.2. The molecule has 0 amide bonds. The molecule has 0 saturated carbocycles. The molecule has 138 valence electrons. The van der Waals surface area contributed by atoms with E-state index in [1.807, 2.05) is 42.5 Å². The van der Waals surface area contributed by atoms with Crippen molar-refractivity contribution in [3.05, 3.63) is 100 Å². The van der Waals surface area contributed by atoms with Gasteiger partial charge in [0.2, 0.25) is 5.78 Å². The summed E-state index contributed by atoms with van der Waals surface area (Å²) in [6.45, 7) is 0. The van der Waals surface area contributed by atoms with Crippen LogP contribution in [0.5, 0.6) is 0 Å². The van der Waals surface area contributed by atoms with Crippen molar-refractivity contribution in [2.75, 3.05) is 0 Å². The van der Waals surface area contributed by atoms with Crippen LogP contribution in [0.25, 0.3) is 28.7 Å². The van der Waals surface area contributed by atoms with Gasteiger partial charge in [0, 0.05) is 16.1 Å². The van der Waals surface area contributed by atoms with Gasteiger partial charge in [0.15, 0.2) is 5.76 Å². The Morgan fingerprint density at radius 2 is 1.61 bits per heavy atom. The van der Waals surface area contributed by atoms with Crippen molar-refractivity contribution in [3.63, 3.8) is 0 Å². The molecular weight excluding hydrogens is 395 g/mol. The Morgan fingerprint density at radius 3 is 2.39 bits per heavy atom. The van der Waals surface area contributed by atoms with Crippen LogP contribution in [0.4, 0.5) is 0 Å². The highest BCUT2D eigenvalue weighted by molar-refractivity contribution is 6.36. The van der Waals surface area contributed by atoms with Crippen LogP contribution in [0.15, 0.2) is 87.7 Å². The van der Waals surface area contributed by atoms with Crippen LogP contribution in [0.1, 0.15) is 16.3 Å². The molecule has 0 saturated heterocycles. The number of carbonyl (C=O) groups is 1. The first-order valence-corrected chi connectivity index (χ1v) is 9.29. The van der Waals surface area contributed by atoms with E-state index in [0.717, 1.165) is 11.3 Å². The molecule has 2 aromatic heterocycles.